The predicted octanol–water partition coefficient (Wildman–Crippen LogP) is 2.82. The standard InChI is InChI=1S/C22H30N2O5/c1-21(2,3)29-20(27)23-22(14-15-8-6-5-7-9-15)13-12-16-10-11-17(18(25)28-4)24(16)19(22)26/h5-9,16-17H,10-14H2,1-4H3,(H,23,27)/t16?,17?,22-/m0/s1. The van der Waals surface area contributed by atoms with E-state index < -0.39 is 29.2 Å². The summed E-state index contributed by atoms with van der Waals surface area (Å²) in [6, 6.07) is 8.97. The van der Waals surface area contributed by atoms with Crippen LogP contribution in [0.25, 0.3) is 0 Å². The van der Waals surface area contributed by atoms with E-state index in [1.807, 2.05) is 30.3 Å². The minimum Gasteiger partial charge on any atom is -0.467 e. The Morgan fingerprint density at radius 1 is 1.17 bits per heavy atom. The average molecular weight is 402 g/mol. The number of benzene rings is 1. The van der Waals surface area contributed by atoms with E-state index in [1.54, 1.807) is 25.7 Å². The lowest BCUT2D eigenvalue weighted by atomic mass is 9.80. The second kappa shape index (κ2) is 8.05. The summed E-state index contributed by atoms with van der Waals surface area (Å²) in [5.41, 5.74) is -0.902. The van der Waals surface area contributed by atoms with Gasteiger partial charge in [0.25, 0.3) is 0 Å². The van der Waals surface area contributed by atoms with Crippen molar-refractivity contribution in [1.82, 2.24) is 10.2 Å². The molecule has 3 atom stereocenters. The molecule has 0 aromatic heterocycles. The topological polar surface area (TPSA) is 84.9 Å². The Labute approximate surface area is 171 Å². The number of fused-ring (bicyclic) bond motifs is 1. The van der Waals surface area contributed by atoms with Crippen LogP contribution in [0, 0.1) is 0 Å². The summed E-state index contributed by atoms with van der Waals surface area (Å²) in [5, 5.41) is 2.87. The summed E-state index contributed by atoms with van der Waals surface area (Å²) in [6.45, 7) is 5.34. The molecular weight excluding hydrogens is 372 g/mol. The summed E-state index contributed by atoms with van der Waals surface area (Å²) in [4.78, 5) is 40.2. The second-order valence-electron chi connectivity index (χ2n) is 8.89. The van der Waals surface area contributed by atoms with Crippen molar-refractivity contribution in [3.8, 4) is 0 Å². The molecule has 2 aliphatic rings. The molecule has 7 nitrogen and oxygen atoms in total. The molecular formula is C22H30N2O5. The number of ether oxygens (including phenoxy) is 2. The van der Waals surface area contributed by atoms with Gasteiger partial charge >= 0.3 is 12.1 Å². The van der Waals surface area contributed by atoms with Gasteiger partial charge in [-0.2, -0.15) is 0 Å². The monoisotopic (exact) mass is 402 g/mol. The van der Waals surface area contributed by atoms with E-state index in [9.17, 15) is 14.4 Å². The molecule has 2 fully saturated rings. The van der Waals surface area contributed by atoms with Crippen LogP contribution in [0.2, 0.25) is 0 Å². The quantitative estimate of drug-likeness (QED) is 0.783. The number of hydrogen-bond acceptors (Lipinski definition) is 5. The zero-order valence-electron chi connectivity index (χ0n) is 17.6. The predicted molar refractivity (Wildman–Crippen MR) is 107 cm³/mol. The third-order valence-electron chi connectivity index (χ3n) is 5.61. The Morgan fingerprint density at radius 2 is 1.86 bits per heavy atom. The number of esters is 1. The number of rotatable bonds is 4. The van der Waals surface area contributed by atoms with Crippen LogP contribution in [0.3, 0.4) is 0 Å². The lowest BCUT2D eigenvalue weighted by Crippen LogP contribution is -2.67. The van der Waals surface area contributed by atoms with Crippen LogP contribution in [0.5, 0.6) is 0 Å². The highest BCUT2D eigenvalue weighted by Gasteiger charge is 2.54. The first-order chi connectivity index (χ1) is 13.6. The number of nitrogens with one attached hydrogen (secondary N) is 1. The van der Waals surface area contributed by atoms with Crippen LogP contribution < -0.4 is 5.32 Å². The van der Waals surface area contributed by atoms with Gasteiger partial charge in [0, 0.05) is 12.5 Å². The van der Waals surface area contributed by atoms with Crippen molar-refractivity contribution < 1.29 is 23.9 Å². The summed E-state index contributed by atoms with van der Waals surface area (Å²) < 4.78 is 10.4. The van der Waals surface area contributed by atoms with Crippen molar-refractivity contribution in [3.05, 3.63) is 35.9 Å². The summed E-state index contributed by atoms with van der Waals surface area (Å²) in [7, 11) is 1.33. The highest BCUT2D eigenvalue weighted by atomic mass is 16.6. The van der Waals surface area contributed by atoms with Crippen molar-refractivity contribution in [2.24, 2.45) is 0 Å². The Morgan fingerprint density at radius 3 is 2.48 bits per heavy atom. The number of methoxy groups -OCH3 is 1. The van der Waals surface area contributed by atoms with Crippen LogP contribution in [-0.2, 0) is 25.5 Å². The minimum atomic E-state index is -1.16. The van der Waals surface area contributed by atoms with Gasteiger partial charge in [0.2, 0.25) is 5.91 Å². The first-order valence-corrected chi connectivity index (χ1v) is 10.1. The zero-order valence-corrected chi connectivity index (χ0v) is 17.6. The molecule has 29 heavy (non-hydrogen) atoms. The summed E-state index contributed by atoms with van der Waals surface area (Å²) in [6.07, 6.45) is 2.25. The van der Waals surface area contributed by atoms with Gasteiger partial charge in [0.15, 0.2) is 0 Å². The van der Waals surface area contributed by atoms with E-state index in [2.05, 4.69) is 5.32 Å². The van der Waals surface area contributed by atoms with E-state index in [4.69, 9.17) is 9.47 Å². The molecule has 0 saturated carbocycles. The van der Waals surface area contributed by atoms with Crippen LogP contribution in [-0.4, -0.2) is 53.2 Å². The van der Waals surface area contributed by atoms with E-state index in [-0.39, 0.29) is 11.9 Å². The molecule has 2 unspecified atom stereocenters. The molecule has 2 amide bonds. The van der Waals surface area contributed by atoms with Gasteiger partial charge in [0.05, 0.1) is 7.11 Å². The maximum absolute atomic E-state index is 13.7. The zero-order chi connectivity index (χ0) is 21.2. The fraction of sp³-hybridized carbons (Fsp3) is 0.591. The fourth-order valence-corrected chi connectivity index (χ4v) is 4.38. The molecule has 1 N–H and O–H groups in total. The number of carbonyl (C=O) groups is 3. The van der Waals surface area contributed by atoms with Gasteiger partial charge in [-0.1, -0.05) is 30.3 Å². The molecule has 158 valence electrons. The number of amides is 2. The number of piperidine rings is 1. The first kappa shape index (κ1) is 21.1. The van der Waals surface area contributed by atoms with Crippen molar-refractivity contribution >= 4 is 18.0 Å². The molecule has 1 aromatic rings. The largest absolute Gasteiger partial charge is 0.467 e. The van der Waals surface area contributed by atoms with Gasteiger partial charge < -0.3 is 19.7 Å². The van der Waals surface area contributed by atoms with Crippen molar-refractivity contribution in [2.45, 2.75) is 76.1 Å². The number of nitrogens with zero attached hydrogens (tertiary/aromatic N) is 1. The second-order valence-corrected chi connectivity index (χ2v) is 8.89. The smallest absolute Gasteiger partial charge is 0.408 e. The first-order valence-electron chi connectivity index (χ1n) is 10.1. The van der Waals surface area contributed by atoms with Crippen LogP contribution in [0.4, 0.5) is 4.79 Å². The van der Waals surface area contributed by atoms with E-state index in [0.29, 0.717) is 25.7 Å². The van der Waals surface area contributed by atoms with Gasteiger partial charge in [-0.15, -0.1) is 0 Å². The lowest BCUT2D eigenvalue weighted by molar-refractivity contribution is -0.157. The highest BCUT2D eigenvalue weighted by Crippen LogP contribution is 2.38. The summed E-state index contributed by atoms with van der Waals surface area (Å²) in [5.74, 6) is -0.648. The molecule has 2 saturated heterocycles. The number of hydrogen-bond donors (Lipinski definition) is 1. The highest BCUT2D eigenvalue weighted by molar-refractivity contribution is 5.94. The Hall–Kier alpha value is -2.57. The van der Waals surface area contributed by atoms with Crippen LogP contribution >= 0.6 is 0 Å². The van der Waals surface area contributed by atoms with Gasteiger partial charge in [0.1, 0.15) is 17.2 Å². The van der Waals surface area contributed by atoms with Crippen LogP contribution in [0.15, 0.2) is 30.3 Å². The lowest BCUT2D eigenvalue weighted by Gasteiger charge is -2.45. The third-order valence-corrected chi connectivity index (χ3v) is 5.61. The Kier molecular flexibility index (Phi) is 5.87. The summed E-state index contributed by atoms with van der Waals surface area (Å²) >= 11 is 0. The molecule has 0 radical (unpaired) electrons. The molecule has 3 rings (SSSR count). The van der Waals surface area contributed by atoms with Crippen molar-refractivity contribution in [3.63, 3.8) is 0 Å². The normalized spacial score (nSPS) is 26.6. The number of alkyl carbamates (subject to hydrolysis) is 1. The SMILES string of the molecule is COC(=O)C1CCC2CC[C@@](Cc3ccccc3)(NC(=O)OC(C)(C)C)C(=O)N21. The van der Waals surface area contributed by atoms with Crippen LogP contribution in [0.1, 0.15) is 52.0 Å². The molecule has 0 bridgehead atoms. The molecule has 2 heterocycles. The fourth-order valence-electron chi connectivity index (χ4n) is 4.38. The van der Waals surface area contributed by atoms with Gasteiger partial charge in [-0.05, 0) is 52.0 Å². The Bertz CT molecular complexity index is 773. The van der Waals surface area contributed by atoms with Crippen molar-refractivity contribution in [1.29, 1.82) is 0 Å². The average Bonchev–Trinajstić information content (AvgIpc) is 3.08. The maximum atomic E-state index is 13.7. The molecule has 2 aliphatic heterocycles. The third kappa shape index (κ3) is 4.54. The molecule has 1 aromatic carbocycles. The van der Waals surface area contributed by atoms with Crippen molar-refractivity contribution in [2.75, 3.05) is 7.11 Å². The van der Waals surface area contributed by atoms with E-state index in [0.717, 1.165) is 12.0 Å². The van der Waals surface area contributed by atoms with E-state index >= 15 is 0 Å². The molecule has 0 spiro atoms. The maximum Gasteiger partial charge on any atom is 0.408 e. The minimum absolute atomic E-state index is 0.00376. The molecule has 7 heteroatoms. The van der Waals surface area contributed by atoms with Gasteiger partial charge in [-0.25, -0.2) is 9.59 Å². The molecule has 0 aliphatic carbocycles. The number of carbonyl (C=O) groups excluding carboxylic acids is 3. The Balaban J connectivity index is 1.92. The van der Waals surface area contributed by atoms with E-state index in [1.165, 1.54) is 7.11 Å². The van der Waals surface area contributed by atoms with Gasteiger partial charge in [-0.3, -0.25) is 4.79 Å².